The van der Waals surface area contributed by atoms with E-state index in [0.717, 1.165) is 11.1 Å². The first-order chi connectivity index (χ1) is 8.72. The lowest BCUT2D eigenvalue weighted by Gasteiger charge is -2.09. The summed E-state index contributed by atoms with van der Waals surface area (Å²) in [5.74, 6) is 1.62. The van der Waals surface area contributed by atoms with Gasteiger partial charge in [-0.1, -0.05) is 6.07 Å². The van der Waals surface area contributed by atoms with Gasteiger partial charge in [-0.15, -0.1) is 11.6 Å². The Kier molecular flexibility index (Phi) is 3.99. The molecule has 4 nitrogen and oxygen atoms in total. The van der Waals surface area contributed by atoms with E-state index >= 15 is 0 Å². The lowest BCUT2D eigenvalue weighted by Crippen LogP contribution is -1.95. The number of alkyl halides is 1. The molecule has 94 valence electrons. The van der Waals surface area contributed by atoms with Crippen LogP contribution in [-0.4, -0.2) is 17.1 Å². The van der Waals surface area contributed by atoms with Gasteiger partial charge in [-0.3, -0.25) is 0 Å². The van der Waals surface area contributed by atoms with Gasteiger partial charge in [-0.05, 0) is 24.6 Å². The molecule has 0 fully saturated rings. The maximum Gasteiger partial charge on any atom is 0.322 e. The number of halogens is 1. The molecule has 5 heteroatoms. The van der Waals surface area contributed by atoms with E-state index in [1.165, 1.54) is 0 Å². The van der Waals surface area contributed by atoms with Crippen molar-refractivity contribution < 1.29 is 9.47 Å². The zero-order valence-electron chi connectivity index (χ0n) is 10.2. The molecule has 2 aromatic rings. The third kappa shape index (κ3) is 2.90. The minimum atomic E-state index is 0.269. The first-order valence-electron chi connectivity index (χ1n) is 5.42. The molecule has 0 aliphatic carbocycles. The zero-order valence-corrected chi connectivity index (χ0v) is 10.9. The molecule has 0 N–H and O–H groups in total. The summed E-state index contributed by atoms with van der Waals surface area (Å²) in [7, 11) is 1.60. The Hall–Kier alpha value is -1.81. The summed E-state index contributed by atoms with van der Waals surface area (Å²) in [6.07, 6.45) is 3.27. The van der Waals surface area contributed by atoms with Gasteiger partial charge < -0.3 is 9.47 Å². The number of rotatable bonds is 4. The summed E-state index contributed by atoms with van der Waals surface area (Å²) in [5.41, 5.74) is 1.94. The first-order valence-corrected chi connectivity index (χ1v) is 5.95. The number of aryl methyl sites for hydroxylation is 1. The van der Waals surface area contributed by atoms with Crippen LogP contribution in [0.2, 0.25) is 0 Å². The van der Waals surface area contributed by atoms with E-state index in [0.29, 0.717) is 17.4 Å². The Balaban J connectivity index is 2.22. The molecule has 0 radical (unpaired) electrons. The van der Waals surface area contributed by atoms with Crippen LogP contribution < -0.4 is 9.47 Å². The molecule has 0 atom stereocenters. The molecule has 0 unspecified atom stereocenters. The lowest BCUT2D eigenvalue weighted by atomic mass is 10.2. The van der Waals surface area contributed by atoms with E-state index < -0.39 is 0 Å². The van der Waals surface area contributed by atoms with Gasteiger partial charge in [-0.25, -0.2) is 9.97 Å². The summed E-state index contributed by atoms with van der Waals surface area (Å²) in [6.45, 7) is 1.98. The van der Waals surface area contributed by atoms with E-state index in [1.807, 2.05) is 25.1 Å². The van der Waals surface area contributed by atoms with Crippen LogP contribution in [0.4, 0.5) is 0 Å². The van der Waals surface area contributed by atoms with Gasteiger partial charge in [0, 0.05) is 18.0 Å². The predicted octanol–water partition coefficient (Wildman–Crippen LogP) is 3.32. The van der Waals surface area contributed by atoms with Gasteiger partial charge >= 0.3 is 6.01 Å². The van der Waals surface area contributed by atoms with Crippen molar-refractivity contribution in [1.29, 1.82) is 0 Å². The number of ether oxygens (including phenoxy) is 2. The highest BCUT2D eigenvalue weighted by Crippen LogP contribution is 2.30. The van der Waals surface area contributed by atoms with Crippen molar-refractivity contribution in [2.45, 2.75) is 12.8 Å². The number of hydrogen-bond donors (Lipinski definition) is 0. The summed E-state index contributed by atoms with van der Waals surface area (Å²) in [6, 6.07) is 5.92. The topological polar surface area (TPSA) is 44.2 Å². The van der Waals surface area contributed by atoms with Crippen molar-refractivity contribution in [3.8, 4) is 17.5 Å². The predicted molar refractivity (Wildman–Crippen MR) is 69.4 cm³/mol. The van der Waals surface area contributed by atoms with Crippen molar-refractivity contribution in [3.63, 3.8) is 0 Å². The molecule has 1 heterocycles. The Morgan fingerprint density at radius 1 is 1.17 bits per heavy atom. The smallest absolute Gasteiger partial charge is 0.322 e. The molecule has 0 aliphatic rings. The molecule has 18 heavy (non-hydrogen) atoms. The third-order valence-electron chi connectivity index (χ3n) is 2.36. The molecule has 1 aromatic carbocycles. The van der Waals surface area contributed by atoms with E-state index in [-0.39, 0.29) is 6.01 Å². The van der Waals surface area contributed by atoms with Crippen LogP contribution >= 0.6 is 11.6 Å². The maximum absolute atomic E-state index is 5.66. The van der Waals surface area contributed by atoms with E-state index in [4.69, 9.17) is 21.1 Å². The standard InChI is InChI=1S/C13H13ClN2O2/c1-9-3-4-11(12(5-9)17-2)18-13-15-7-10(6-14)8-16-13/h3-5,7-8H,6H2,1-2H3. The molecule has 2 rings (SSSR count). The molecule has 0 saturated carbocycles. The first kappa shape index (κ1) is 12.6. The average Bonchev–Trinajstić information content (AvgIpc) is 2.41. The second-order valence-corrected chi connectivity index (χ2v) is 4.03. The molecule has 0 spiro atoms. The third-order valence-corrected chi connectivity index (χ3v) is 2.66. The zero-order chi connectivity index (χ0) is 13.0. The SMILES string of the molecule is COc1cc(C)ccc1Oc1ncc(CCl)cn1. The Labute approximate surface area is 111 Å². The second-order valence-electron chi connectivity index (χ2n) is 3.76. The fourth-order valence-corrected chi connectivity index (χ4v) is 1.56. The van der Waals surface area contributed by atoms with Gasteiger partial charge in [0.15, 0.2) is 11.5 Å². The molecule has 0 aliphatic heterocycles. The summed E-state index contributed by atoms with van der Waals surface area (Å²) in [4.78, 5) is 8.14. The summed E-state index contributed by atoms with van der Waals surface area (Å²) < 4.78 is 10.8. The van der Waals surface area contributed by atoms with E-state index in [1.54, 1.807) is 19.5 Å². The summed E-state index contributed by atoms with van der Waals surface area (Å²) in [5, 5.41) is 0. The normalized spacial score (nSPS) is 10.2. The van der Waals surface area contributed by atoms with Crippen molar-refractivity contribution >= 4 is 11.6 Å². The summed E-state index contributed by atoms with van der Waals surface area (Å²) >= 11 is 5.66. The van der Waals surface area contributed by atoms with Crippen LogP contribution in [0, 0.1) is 6.92 Å². The molecule has 0 amide bonds. The number of hydrogen-bond acceptors (Lipinski definition) is 4. The Morgan fingerprint density at radius 3 is 2.50 bits per heavy atom. The van der Waals surface area contributed by atoms with Crippen molar-refractivity contribution in [1.82, 2.24) is 9.97 Å². The van der Waals surface area contributed by atoms with E-state index in [9.17, 15) is 0 Å². The lowest BCUT2D eigenvalue weighted by molar-refractivity contribution is 0.367. The number of nitrogens with zero attached hydrogens (tertiary/aromatic N) is 2. The second kappa shape index (κ2) is 5.69. The fourth-order valence-electron chi connectivity index (χ4n) is 1.42. The van der Waals surface area contributed by atoms with Crippen molar-refractivity contribution in [2.75, 3.05) is 7.11 Å². The van der Waals surface area contributed by atoms with Gasteiger partial charge in [0.2, 0.25) is 0 Å². The van der Waals surface area contributed by atoms with Gasteiger partial charge in [0.05, 0.1) is 13.0 Å². The molecule has 1 aromatic heterocycles. The minimum Gasteiger partial charge on any atom is -0.493 e. The van der Waals surface area contributed by atoms with Crippen LogP contribution in [0.5, 0.6) is 17.5 Å². The average molecular weight is 265 g/mol. The Morgan fingerprint density at radius 2 is 1.89 bits per heavy atom. The molecular weight excluding hydrogens is 252 g/mol. The van der Waals surface area contributed by atoms with E-state index in [2.05, 4.69) is 9.97 Å². The van der Waals surface area contributed by atoms with Crippen LogP contribution in [-0.2, 0) is 5.88 Å². The quantitative estimate of drug-likeness (QED) is 0.795. The van der Waals surface area contributed by atoms with Crippen LogP contribution in [0.3, 0.4) is 0 Å². The maximum atomic E-state index is 5.66. The molecular formula is C13H13ClN2O2. The molecule has 0 bridgehead atoms. The van der Waals surface area contributed by atoms with Crippen LogP contribution in [0.15, 0.2) is 30.6 Å². The van der Waals surface area contributed by atoms with Crippen molar-refractivity contribution in [2.24, 2.45) is 0 Å². The monoisotopic (exact) mass is 264 g/mol. The number of benzene rings is 1. The number of aromatic nitrogens is 2. The van der Waals surface area contributed by atoms with Gasteiger partial charge in [-0.2, -0.15) is 0 Å². The largest absolute Gasteiger partial charge is 0.493 e. The van der Waals surface area contributed by atoms with Gasteiger partial charge in [0.1, 0.15) is 0 Å². The highest BCUT2D eigenvalue weighted by molar-refractivity contribution is 6.17. The van der Waals surface area contributed by atoms with Crippen molar-refractivity contribution in [3.05, 3.63) is 41.7 Å². The highest BCUT2D eigenvalue weighted by atomic mass is 35.5. The highest BCUT2D eigenvalue weighted by Gasteiger charge is 2.07. The minimum absolute atomic E-state index is 0.269. The Bertz CT molecular complexity index is 529. The number of methoxy groups -OCH3 is 1. The fraction of sp³-hybridized carbons (Fsp3) is 0.231. The van der Waals surface area contributed by atoms with Gasteiger partial charge in [0.25, 0.3) is 0 Å². The van der Waals surface area contributed by atoms with Crippen LogP contribution in [0.1, 0.15) is 11.1 Å². The van der Waals surface area contributed by atoms with Crippen LogP contribution in [0.25, 0.3) is 0 Å². The molecule has 0 saturated heterocycles.